The second kappa shape index (κ2) is 9.53. The molecule has 31 heavy (non-hydrogen) atoms. The van der Waals surface area contributed by atoms with Gasteiger partial charge in [0.25, 0.3) is 5.91 Å². The minimum atomic E-state index is -3.80. The summed E-state index contributed by atoms with van der Waals surface area (Å²) in [4.78, 5) is 27.7. The number of benzene rings is 1. The Morgan fingerprint density at radius 2 is 1.81 bits per heavy atom. The Balaban J connectivity index is 1.43. The number of carbonyl (C=O) groups excluding carboxylic acids is 2. The molecule has 0 aromatic heterocycles. The van der Waals surface area contributed by atoms with E-state index in [2.05, 4.69) is 6.08 Å². The van der Waals surface area contributed by atoms with Gasteiger partial charge in [0.2, 0.25) is 10.0 Å². The zero-order valence-corrected chi connectivity index (χ0v) is 18.6. The van der Waals surface area contributed by atoms with Crippen LogP contribution in [0.1, 0.15) is 57.8 Å². The highest BCUT2D eigenvalue weighted by Gasteiger charge is 2.40. The predicted octanol–water partition coefficient (Wildman–Crippen LogP) is 3.22. The number of hydrogen-bond donors (Lipinski definition) is 0. The summed E-state index contributed by atoms with van der Waals surface area (Å²) >= 11 is 0. The lowest BCUT2D eigenvalue weighted by Crippen LogP contribution is -2.49. The van der Waals surface area contributed by atoms with E-state index in [4.69, 9.17) is 4.74 Å². The quantitative estimate of drug-likeness (QED) is 0.601. The van der Waals surface area contributed by atoms with E-state index in [0.717, 1.165) is 50.6 Å². The molecule has 168 valence electrons. The molecule has 0 bridgehead atoms. The molecule has 7 nitrogen and oxygen atoms in total. The van der Waals surface area contributed by atoms with Crippen LogP contribution in [0.5, 0.6) is 0 Å². The molecule has 1 heterocycles. The van der Waals surface area contributed by atoms with E-state index >= 15 is 0 Å². The highest BCUT2D eigenvalue weighted by atomic mass is 32.2. The molecule has 2 aliphatic carbocycles. The zero-order chi connectivity index (χ0) is 21.8. The number of sulfonamides is 1. The lowest BCUT2D eigenvalue weighted by atomic mass is 10.0. The summed E-state index contributed by atoms with van der Waals surface area (Å²) in [6.45, 7) is -0.0750. The van der Waals surface area contributed by atoms with Crippen LogP contribution in [-0.4, -0.2) is 54.7 Å². The minimum absolute atomic E-state index is 0.162. The van der Waals surface area contributed by atoms with E-state index in [0.29, 0.717) is 12.8 Å². The molecule has 1 saturated heterocycles. The van der Waals surface area contributed by atoms with Gasteiger partial charge in [-0.05, 0) is 69.9 Å². The molecule has 1 aliphatic heterocycles. The van der Waals surface area contributed by atoms with Gasteiger partial charge >= 0.3 is 5.97 Å². The third-order valence-corrected chi connectivity index (χ3v) is 8.09. The molecule has 0 radical (unpaired) electrons. The molecule has 1 amide bonds. The van der Waals surface area contributed by atoms with Gasteiger partial charge < -0.3 is 9.64 Å². The molecule has 1 aromatic rings. The lowest BCUT2D eigenvalue weighted by molar-refractivity contribution is -0.155. The standard InChI is InChI=1S/C23H30N2O5S/c26-22(25(19-14-15-19)18-9-3-1-4-10-18)17-30-23(27)21-13-7-8-16-24(21)31(28,29)20-11-5-2-6-12-20/h2,5-6,9,11-12,19,21H,1,3-4,7-8,10,13-17H2. The van der Waals surface area contributed by atoms with Crippen LogP contribution in [0, 0.1) is 0 Å². The molecule has 4 rings (SSSR count). The SMILES string of the molecule is O=C(OCC(=O)N(C1=CCCCC1)C1CC1)C1CCCCN1S(=O)(=O)c1ccccc1. The average molecular weight is 447 g/mol. The molecular formula is C23H30N2O5S. The molecule has 0 spiro atoms. The molecular weight excluding hydrogens is 416 g/mol. The molecule has 8 heteroatoms. The van der Waals surface area contributed by atoms with Crippen molar-refractivity contribution in [3.05, 3.63) is 42.1 Å². The van der Waals surface area contributed by atoms with Gasteiger partial charge in [-0.3, -0.25) is 9.59 Å². The second-order valence-corrected chi connectivity index (χ2v) is 10.4. The first kappa shape index (κ1) is 22.0. The maximum atomic E-state index is 13.1. The highest BCUT2D eigenvalue weighted by Crippen LogP contribution is 2.34. The number of allylic oxidation sites excluding steroid dienone is 2. The van der Waals surface area contributed by atoms with Crippen molar-refractivity contribution in [2.24, 2.45) is 0 Å². The van der Waals surface area contributed by atoms with E-state index < -0.39 is 22.0 Å². The van der Waals surface area contributed by atoms with E-state index in [9.17, 15) is 18.0 Å². The fourth-order valence-electron chi connectivity index (χ4n) is 4.43. The van der Waals surface area contributed by atoms with Gasteiger partial charge in [0, 0.05) is 18.3 Å². The number of nitrogens with zero attached hydrogens (tertiary/aromatic N) is 2. The van der Waals surface area contributed by atoms with Crippen molar-refractivity contribution in [1.29, 1.82) is 0 Å². The van der Waals surface area contributed by atoms with Gasteiger partial charge in [0.1, 0.15) is 6.04 Å². The van der Waals surface area contributed by atoms with Crippen LogP contribution in [0.3, 0.4) is 0 Å². The Hall–Kier alpha value is -2.19. The largest absolute Gasteiger partial charge is 0.454 e. The number of hydrogen-bond acceptors (Lipinski definition) is 5. The van der Waals surface area contributed by atoms with E-state index in [1.807, 2.05) is 4.90 Å². The Kier molecular flexibility index (Phi) is 6.77. The molecule has 0 N–H and O–H groups in total. The highest BCUT2D eigenvalue weighted by molar-refractivity contribution is 7.89. The van der Waals surface area contributed by atoms with Crippen molar-refractivity contribution >= 4 is 21.9 Å². The van der Waals surface area contributed by atoms with Crippen molar-refractivity contribution in [3.63, 3.8) is 0 Å². The Labute approximate surface area is 184 Å². The smallest absolute Gasteiger partial charge is 0.324 e. The van der Waals surface area contributed by atoms with Crippen LogP contribution in [-0.2, 0) is 24.3 Å². The lowest BCUT2D eigenvalue weighted by Gasteiger charge is -2.33. The summed E-state index contributed by atoms with van der Waals surface area (Å²) in [5.74, 6) is -0.849. The third kappa shape index (κ3) is 5.01. The van der Waals surface area contributed by atoms with Crippen LogP contribution in [0.4, 0.5) is 0 Å². The molecule has 1 atom stereocenters. The number of piperidine rings is 1. The Morgan fingerprint density at radius 3 is 2.48 bits per heavy atom. The summed E-state index contributed by atoms with van der Waals surface area (Å²) in [5, 5.41) is 0. The Bertz CT molecular complexity index is 940. The van der Waals surface area contributed by atoms with Crippen LogP contribution in [0.25, 0.3) is 0 Å². The van der Waals surface area contributed by atoms with E-state index in [1.54, 1.807) is 18.2 Å². The number of esters is 1. The van der Waals surface area contributed by atoms with Crippen molar-refractivity contribution in [1.82, 2.24) is 9.21 Å². The van der Waals surface area contributed by atoms with Crippen LogP contribution < -0.4 is 0 Å². The maximum Gasteiger partial charge on any atom is 0.324 e. The van der Waals surface area contributed by atoms with Gasteiger partial charge in [-0.2, -0.15) is 4.31 Å². The molecule has 2 fully saturated rings. The summed E-state index contributed by atoms with van der Waals surface area (Å²) in [6.07, 6.45) is 9.96. The summed E-state index contributed by atoms with van der Waals surface area (Å²) in [7, 11) is -3.80. The van der Waals surface area contributed by atoms with Gasteiger partial charge in [-0.15, -0.1) is 0 Å². The maximum absolute atomic E-state index is 13.1. The molecule has 1 aromatic carbocycles. The second-order valence-electron chi connectivity index (χ2n) is 8.48. The van der Waals surface area contributed by atoms with Crippen LogP contribution in [0.2, 0.25) is 0 Å². The molecule has 3 aliphatic rings. The fourth-order valence-corrected chi connectivity index (χ4v) is 6.09. The van der Waals surface area contributed by atoms with Crippen molar-refractivity contribution in [2.75, 3.05) is 13.2 Å². The number of carbonyl (C=O) groups is 2. The monoisotopic (exact) mass is 446 g/mol. The topological polar surface area (TPSA) is 84.0 Å². The first-order valence-corrected chi connectivity index (χ1v) is 12.7. The minimum Gasteiger partial charge on any atom is -0.454 e. The van der Waals surface area contributed by atoms with Crippen molar-refractivity contribution in [3.8, 4) is 0 Å². The summed E-state index contributed by atoms with van der Waals surface area (Å²) < 4.78 is 32.8. The normalized spacial score (nSPS) is 22.5. The van der Waals surface area contributed by atoms with Crippen LogP contribution >= 0.6 is 0 Å². The van der Waals surface area contributed by atoms with Gasteiger partial charge in [-0.25, -0.2) is 8.42 Å². The number of amides is 1. The van der Waals surface area contributed by atoms with Crippen LogP contribution in [0.15, 0.2) is 47.0 Å². The third-order valence-electron chi connectivity index (χ3n) is 6.17. The van der Waals surface area contributed by atoms with Gasteiger partial charge in [0.15, 0.2) is 6.61 Å². The summed E-state index contributed by atoms with van der Waals surface area (Å²) in [5.41, 5.74) is 1.04. The van der Waals surface area contributed by atoms with Crippen molar-refractivity contribution < 1.29 is 22.7 Å². The zero-order valence-electron chi connectivity index (χ0n) is 17.7. The number of ether oxygens (including phenoxy) is 1. The average Bonchev–Trinajstić information content (AvgIpc) is 3.64. The molecule has 1 unspecified atom stereocenters. The Morgan fingerprint density at radius 1 is 1.03 bits per heavy atom. The van der Waals surface area contributed by atoms with Gasteiger partial charge in [-0.1, -0.05) is 24.3 Å². The predicted molar refractivity (Wildman–Crippen MR) is 115 cm³/mol. The fraction of sp³-hybridized carbons (Fsp3) is 0.565. The first-order chi connectivity index (χ1) is 15.0. The number of rotatable bonds is 7. The van der Waals surface area contributed by atoms with E-state index in [1.165, 1.54) is 16.4 Å². The molecule has 1 saturated carbocycles. The first-order valence-electron chi connectivity index (χ1n) is 11.2. The summed E-state index contributed by atoms with van der Waals surface area (Å²) in [6, 6.07) is 7.45. The van der Waals surface area contributed by atoms with E-state index in [-0.39, 0.29) is 30.0 Å². The van der Waals surface area contributed by atoms with Gasteiger partial charge in [0.05, 0.1) is 4.90 Å². The van der Waals surface area contributed by atoms with Crippen molar-refractivity contribution in [2.45, 2.75) is 74.8 Å².